The smallest absolute Gasteiger partial charge is 0.0787 e. The summed E-state index contributed by atoms with van der Waals surface area (Å²) in [5.41, 5.74) is 9.09. The van der Waals surface area contributed by atoms with Gasteiger partial charge < -0.3 is 0 Å². The van der Waals surface area contributed by atoms with E-state index in [1.54, 1.807) is 0 Å². The minimum absolute atomic E-state index is 0.0851. The van der Waals surface area contributed by atoms with Crippen molar-refractivity contribution in [2.45, 2.75) is 52.4 Å². The predicted octanol–water partition coefficient (Wildman–Crippen LogP) is 11.0. The van der Waals surface area contributed by atoms with Crippen molar-refractivity contribution in [3.63, 3.8) is 0 Å². The van der Waals surface area contributed by atoms with Gasteiger partial charge in [-0.3, -0.25) is 0 Å². The Bertz CT molecular complexity index is 1980. The predicted molar refractivity (Wildman–Crippen MR) is 180 cm³/mol. The van der Waals surface area contributed by atoms with Crippen LogP contribution in [0.4, 0.5) is 0 Å². The Balaban J connectivity index is 1.29. The van der Waals surface area contributed by atoms with Crippen LogP contribution in [0.5, 0.6) is 0 Å². The highest BCUT2D eigenvalue weighted by atomic mass is 14.7. The topological polar surface area (TPSA) is 25.8 Å². The maximum Gasteiger partial charge on any atom is 0.0787 e. The largest absolute Gasteiger partial charge is 0.247 e. The van der Waals surface area contributed by atoms with E-state index in [4.69, 9.17) is 9.97 Å². The van der Waals surface area contributed by atoms with E-state index in [9.17, 15) is 0 Å². The number of rotatable bonds is 2. The van der Waals surface area contributed by atoms with Gasteiger partial charge in [0, 0.05) is 32.7 Å². The Kier molecular flexibility index (Phi) is 5.95. The first-order valence-corrected chi connectivity index (χ1v) is 14.8. The molecule has 0 amide bonds. The molecule has 0 radical (unpaired) electrons. The highest BCUT2D eigenvalue weighted by Crippen LogP contribution is 2.34. The van der Waals surface area contributed by atoms with Gasteiger partial charge in [-0.25, -0.2) is 9.97 Å². The van der Waals surface area contributed by atoms with E-state index in [1.807, 2.05) is 0 Å². The lowest BCUT2D eigenvalue weighted by atomic mass is 9.85. The van der Waals surface area contributed by atoms with Crippen LogP contribution in [0.3, 0.4) is 0 Å². The lowest BCUT2D eigenvalue weighted by molar-refractivity contribution is 0.591. The molecule has 0 fully saturated rings. The third-order valence-corrected chi connectivity index (χ3v) is 8.56. The summed E-state index contributed by atoms with van der Waals surface area (Å²) in [7, 11) is 0. The second-order valence-electron chi connectivity index (χ2n) is 13.6. The van der Waals surface area contributed by atoms with E-state index in [-0.39, 0.29) is 10.8 Å². The van der Waals surface area contributed by atoms with E-state index < -0.39 is 0 Å². The minimum atomic E-state index is 0.0851. The lowest BCUT2D eigenvalue weighted by Gasteiger charge is -2.20. The quantitative estimate of drug-likeness (QED) is 0.202. The molecule has 0 bridgehead atoms. The van der Waals surface area contributed by atoms with Crippen molar-refractivity contribution in [3.05, 3.63) is 120 Å². The molecular formula is C40H36N2. The standard InChI is InChI=1S/C40H36N2/c1-39(2,3)31-19-15-25-7-13-29-17-21-35(41-37(29)33(25)23-31)27-9-11-28(12-10-27)36-22-18-30-14-8-26-16-20-32(40(4,5)6)24-34(26)38(30)42-36/h7-24H,1-6H3. The van der Waals surface area contributed by atoms with E-state index >= 15 is 0 Å². The average molecular weight is 545 g/mol. The molecule has 0 aliphatic heterocycles. The van der Waals surface area contributed by atoms with Crippen LogP contribution < -0.4 is 0 Å². The molecule has 0 aliphatic carbocycles. The molecule has 0 saturated carbocycles. The van der Waals surface area contributed by atoms with Crippen molar-refractivity contribution in [1.82, 2.24) is 9.97 Å². The third-order valence-electron chi connectivity index (χ3n) is 8.56. The summed E-state index contributed by atoms with van der Waals surface area (Å²) in [6.45, 7) is 13.6. The average Bonchev–Trinajstić information content (AvgIpc) is 2.99. The zero-order valence-corrected chi connectivity index (χ0v) is 25.3. The second kappa shape index (κ2) is 9.49. The maximum atomic E-state index is 5.19. The maximum absolute atomic E-state index is 5.19. The number of fused-ring (bicyclic) bond motifs is 6. The fourth-order valence-electron chi connectivity index (χ4n) is 5.88. The lowest BCUT2D eigenvalue weighted by Crippen LogP contribution is -2.10. The van der Waals surface area contributed by atoms with Gasteiger partial charge >= 0.3 is 0 Å². The van der Waals surface area contributed by atoms with Gasteiger partial charge in [-0.1, -0.05) is 126 Å². The van der Waals surface area contributed by atoms with Crippen LogP contribution in [0.15, 0.2) is 109 Å². The van der Waals surface area contributed by atoms with Gasteiger partial charge in [0.05, 0.1) is 22.4 Å². The van der Waals surface area contributed by atoms with Crippen molar-refractivity contribution in [1.29, 1.82) is 0 Å². The molecule has 0 atom stereocenters. The van der Waals surface area contributed by atoms with Crippen LogP contribution in [0.25, 0.3) is 65.9 Å². The summed E-state index contributed by atoms with van der Waals surface area (Å²) in [5, 5.41) is 7.19. The summed E-state index contributed by atoms with van der Waals surface area (Å²) >= 11 is 0. The number of hydrogen-bond acceptors (Lipinski definition) is 2. The van der Waals surface area contributed by atoms with Crippen molar-refractivity contribution in [3.8, 4) is 22.5 Å². The highest BCUT2D eigenvalue weighted by Gasteiger charge is 2.16. The molecule has 42 heavy (non-hydrogen) atoms. The second-order valence-corrected chi connectivity index (χ2v) is 13.6. The minimum Gasteiger partial charge on any atom is -0.247 e. The molecule has 7 aromatic rings. The summed E-state index contributed by atoms with van der Waals surface area (Å²) in [4.78, 5) is 10.4. The monoisotopic (exact) mass is 544 g/mol. The Labute approximate surface area is 248 Å². The molecule has 5 aromatic carbocycles. The van der Waals surface area contributed by atoms with E-state index in [0.717, 1.165) is 44.3 Å². The summed E-state index contributed by atoms with van der Waals surface area (Å²) < 4.78 is 0. The first-order chi connectivity index (χ1) is 20.0. The third kappa shape index (κ3) is 4.61. The van der Waals surface area contributed by atoms with Crippen LogP contribution in [-0.2, 0) is 10.8 Å². The van der Waals surface area contributed by atoms with Gasteiger partial charge in [-0.15, -0.1) is 0 Å². The Hall–Kier alpha value is -4.56. The molecular weight excluding hydrogens is 508 g/mol. The number of aromatic nitrogens is 2. The van der Waals surface area contributed by atoms with Crippen LogP contribution in [0, 0.1) is 0 Å². The summed E-state index contributed by atoms with van der Waals surface area (Å²) in [6.07, 6.45) is 0. The van der Waals surface area contributed by atoms with Gasteiger partial charge in [0.15, 0.2) is 0 Å². The van der Waals surface area contributed by atoms with Gasteiger partial charge in [0.1, 0.15) is 0 Å². The first-order valence-electron chi connectivity index (χ1n) is 14.8. The molecule has 2 heterocycles. The van der Waals surface area contributed by atoms with Crippen LogP contribution in [0.1, 0.15) is 52.7 Å². The molecule has 0 spiro atoms. The van der Waals surface area contributed by atoms with Gasteiger partial charge in [0.2, 0.25) is 0 Å². The fraction of sp³-hybridized carbons (Fsp3) is 0.200. The Morgan fingerprint density at radius 2 is 0.714 bits per heavy atom. The number of pyridine rings is 2. The molecule has 0 unspecified atom stereocenters. The van der Waals surface area contributed by atoms with Crippen LogP contribution in [0.2, 0.25) is 0 Å². The van der Waals surface area contributed by atoms with Crippen LogP contribution in [-0.4, -0.2) is 9.97 Å². The van der Waals surface area contributed by atoms with E-state index in [0.29, 0.717) is 0 Å². The van der Waals surface area contributed by atoms with Crippen molar-refractivity contribution in [2.24, 2.45) is 0 Å². The number of nitrogens with zero attached hydrogens (tertiary/aromatic N) is 2. The zero-order valence-electron chi connectivity index (χ0n) is 25.3. The summed E-state index contributed by atoms with van der Waals surface area (Å²) in [6, 6.07) is 39.6. The highest BCUT2D eigenvalue weighted by molar-refractivity contribution is 6.07. The Morgan fingerprint density at radius 1 is 0.381 bits per heavy atom. The molecule has 7 rings (SSSR count). The van der Waals surface area contributed by atoms with Gasteiger partial charge in [0.25, 0.3) is 0 Å². The Morgan fingerprint density at radius 3 is 1.10 bits per heavy atom. The van der Waals surface area contributed by atoms with Gasteiger partial charge in [-0.2, -0.15) is 0 Å². The summed E-state index contributed by atoms with van der Waals surface area (Å²) in [5.74, 6) is 0. The first kappa shape index (κ1) is 26.3. The molecule has 2 aromatic heterocycles. The number of benzene rings is 5. The molecule has 2 heteroatoms. The molecule has 0 N–H and O–H groups in total. The molecule has 0 aliphatic rings. The zero-order chi connectivity index (χ0) is 29.2. The van der Waals surface area contributed by atoms with Crippen molar-refractivity contribution < 1.29 is 0 Å². The normalized spacial score (nSPS) is 12.5. The SMILES string of the molecule is CC(C)(C)c1ccc2ccc3ccc(-c4ccc(-c5ccc6ccc7ccc(C(C)(C)C)cc7c6n5)cc4)nc3c2c1. The van der Waals surface area contributed by atoms with Crippen molar-refractivity contribution in [2.75, 3.05) is 0 Å². The van der Waals surface area contributed by atoms with E-state index in [1.165, 1.54) is 32.7 Å². The van der Waals surface area contributed by atoms with Crippen molar-refractivity contribution >= 4 is 43.4 Å². The van der Waals surface area contributed by atoms with Crippen LogP contribution >= 0.6 is 0 Å². The fourth-order valence-corrected chi connectivity index (χ4v) is 5.88. The molecule has 0 saturated heterocycles. The van der Waals surface area contributed by atoms with Gasteiger partial charge in [-0.05, 0) is 57.0 Å². The number of hydrogen-bond donors (Lipinski definition) is 0. The molecule has 2 nitrogen and oxygen atoms in total. The molecule has 206 valence electrons. The van der Waals surface area contributed by atoms with E-state index in [2.05, 4.69) is 151 Å².